The summed E-state index contributed by atoms with van der Waals surface area (Å²) in [5.41, 5.74) is 1.81. The maximum absolute atomic E-state index is 6.33. The lowest BCUT2D eigenvalue weighted by atomic mass is 10.1. The lowest BCUT2D eigenvalue weighted by Gasteiger charge is -2.26. The Kier molecular flexibility index (Phi) is 4.71. The SMILES string of the molecule is Clc1nc2cc3c(cc2cc1CNCCN1CCOCC1)OCO3. The molecule has 1 aromatic heterocycles. The number of benzene rings is 1. The molecule has 0 atom stereocenters. The smallest absolute Gasteiger partial charge is 0.231 e. The molecule has 0 aliphatic carbocycles. The fourth-order valence-corrected chi connectivity index (χ4v) is 3.21. The second-order valence-corrected chi connectivity index (χ2v) is 6.33. The van der Waals surface area contributed by atoms with Gasteiger partial charge in [0.2, 0.25) is 6.79 Å². The van der Waals surface area contributed by atoms with Gasteiger partial charge in [-0.25, -0.2) is 4.98 Å². The molecule has 2 aliphatic rings. The van der Waals surface area contributed by atoms with E-state index in [2.05, 4.69) is 21.3 Å². The average molecular weight is 350 g/mol. The molecule has 128 valence electrons. The fourth-order valence-electron chi connectivity index (χ4n) is 2.99. The molecule has 0 spiro atoms. The fraction of sp³-hybridized carbons (Fsp3) is 0.471. The van der Waals surface area contributed by atoms with Crippen molar-refractivity contribution in [3.05, 3.63) is 28.9 Å². The Balaban J connectivity index is 1.40. The highest BCUT2D eigenvalue weighted by molar-refractivity contribution is 6.30. The quantitative estimate of drug-likeness (QED) is 0.658. The van der Waals surface area contributed by atoms with Crippen molar-refractivity contribution in [3.8, 4) is 11.5 Å². The molecule has 7 heteroatoms. The van der Waals surface area contributed by atoms with E-state index in [1.54, 1.807) is 0 Å². The van der Waals surface area contributed by atoms with Gasteiger partial charge in [0.15, 0.2) is 11.5 Å². The van der Waals surface area contributed by atoms with Crippen LogP contribution in [-0.4, -0.2) is 56.1 Å². The molecule has 1 fully saturated rings. The van der Waals surface area contributed by atoms with Gasteiger partial charge in [-0.15, -0.1) is 0 Å². The van der Waals surface area contributed by atoms with Crippen LogP contribution in [0.5, 0.6) is 11.5 Å². The summed E-state index contributed by atoms with van der Waals surface area (Å²) in [6, 6.07) is 5.89. The molecule has 2 aromatic rings. The van der Waals surface area contributed by atoms with Gasteiger partial charge in [-0.05, 0) is 12.1 Å². The largest absolute Gasteiger partial charge is 0.454 e. The van der Waals surface area contributed by atoms with Crippen molar-refractivity contribution in [2.24, 2.45) is 0 Å². The van der Waals surface area contributed by atoms with E-state index in [1.165, 1.54) is 0 Å². The molecular weight excluding hydrogens is 330 g/mol. The highest BCUT2D eigenvalue weighted by Crippen LogP contribution is 2.36. The molecule has 1 N–H and O–H groups in total. The first-order valence-electron chi connectivity index (χ1n) is 8.19. The molecule has 0 amide bonds. The summed E-state index contributed by atoms with van der Waals surface area (Å²) in [5.74, 6) is 1.49. The molecule has 3 heterocycles. The van der Waals surface area contributed by atoms with E-state index >= 15 is 0 Å². The number of pyridine rings is 1. The Morgan fingerprint density at radius 1 is 1.12 bits per heavy atom. The van der Waals surface area contributed by atoms with Gasteiger partial charge in [0.1, 0.15) is 5.15 Å². The monoisotopic (exact) mass is 349 g/mol. The molecule has 1 saturated heterocycles. The van der Waals surface area contributed by atoms with Crippen LogP contribution >= 0.6 is 11.6 Å². The number of ether oxygens (including phenoxy) is 3. The van der Waals surface area contributed by atoms with Gasteiger partial charge < -0.3 is 19.5 Å². The lowest BCUT2D eigenvalue weighted by Crippen LogP contribution is -2.40. The molecule has 0 unspecified atom stereocenters. The van der Waals surface area contributed by atoms with E-state index < -0.39 is 0 Å². The number of fused-ring (bicyclic) bond motifs is 2. The van der Waals surface area contributed by atoms with Crippen LogP contribution in [0, 0.1) is 0 Å². The van der Waals surface area contributed by atoms with E-state index in [1.807, 2.05) is 12.1 Å². The predicted octanol–water partition coefficient (Wildman–Crippen LogP) is 2.04. The maximum atomic E-state index is 6.33. The van der Waals surface area contributed by atoms with Gasteiger partial charge in [0.25, 0.3) is 0 Å². The number of aromatic nitrogens is 1. The van der Waals surface area contributed by atoms with Crippen molar-refractivity contribution in [1.29, 1.82) is 0 Å². The van der Waals surface area contributed by atoms with Crippen LogP contribution in [0.25, 0.3) is 10.9 Å². The van der Waals surface area contributed by atoms with Crippen LogP contribution in [0.3, 0.4) is 0 Å². The minimum absolute atomic E-state index is 0.259. The van der Waals surface area contributed by atoms with Crippen molar-refractivity contribution in [1.82, 2.24) is 15.2 Å². The van der Waals surface area contributed by atoms with Crippen molar-refractivity contribution >= 4 is 22.5 Å². The third-order valence-corrected chi connectivity index (χ3v) is 4.69. The third-order valence-electron chi connectivity index (χ3n) is 4.36. The molecule has 0 bridgehead atoms. The standard InChI is InChI=1S/C17H20ClN3O3/c18-17-13(10-19-1-2-21-3-5-22-6-4-21)7-12-8-15-16(24-11-23-15)9-14(12)20-17/h7-9,19H,1-6,10-11H2. The summed E-state index contributed by atoms with van der Waals surface area (Å²) >= 11 is 6.33. The molecular formula is C17H20ClN3O3. The van der Waals surface area contributed by atoms with Crippen LogP contribution in [0.15, 0.2) is 18.2 Å². The Bertz CT molecular complexity index is 735. The Morgan fingerprint density at radius 3 is 2.75 bits per heavy atom. The van der Waals surface area contributed by atoms with Crippen molar-refractivity contribution < 1.29 is 14.2 Å². The highest BCUT2D eigenvalue weighted by Gasteiger charge is 2.16. The van der Waals surface area contributed by atoms with Gasteiger partial charge >= 0.3 is 0 Å². The zero-order chi connectivity index (χ0) is 16.4. The second kappa shape index (κ2) is 7.11. The molecule has 1 aromatic carbocycles. The van der Waals surface area contributed by atoms with E-state index in [4.69, 9.17) is 25.8 Å². The maximum Gasteiger partial charge on any atom is 0.231 e. The number of hydrogen-bond donors (Lipinski definition) is 1. The van der Waals surface area contributed by atoms with Crippen molar-refractivity contribution in [3.63, 3.8) is 0 Å². The van der Waals surface area contributed by atoms with Crippen LogP contribution in [0.4, 0.5) is 0 Å². The van der Waals surface area contributed by atoms with E-state index in [9.17, 15) is 0 Å². The molecule has 6 nitrogen and oxygen atoms in total. The van der Waals surface area contributed by atoms with Gasteiger partial charge in [-0.2, -0.15) is 0 Å². The minimum Gasteiger partial charge on any atom is -0.454 e. The van der Waals surface area contributed by atoms with Crippen LogP contribution in [0.2, 0.25) is 5.15 Å². The normalized spacial score (nSPS) is 17.5. The average Bonchev–Trinajstić information content (AvgIpc) is 3.05. The zero-order valence-electron chi connectivity index (χ0n) is 13.4. The first kappa shape index (κ1) is 15.9. The molecule has 2 aliphatic heterocycles. The van der Waals surface area contributed by atoms with Gasteiger partial charge in [0.05, 0.1) is 18.7 Å². The lowest BCUT2D eigenvalue weighted by molar-refractivity contribution is 0.0384. The van der Waals surface area contributed by atoms with E-state index in [-0.39, 0.29) is 6.79 Å². The number of hydrogen-bond acceptors (Lipinski definition) is 6. The third kappa shape index (κ3) is 3.42. The topological polar surface area (TPSA) is 55.9 Å². The Morgan fingerprint density at radius 2 is 1.92 bits per heavy atom. The van der Waals surface area contributed by atoms with E-state index in [0.717, 1.165) is 67.4 Å². The summed E-state index contributed by atoms with van der Waals surface area (Å²) in [4.78, 5) is 6.88. The van der Waals surface area contributed by atoms with Crippen LogP contribution in [-0.2, 0) is 11.3 Å². The molecule has 0 saturated carbocycles. The van der Waals surface area contributed by atoms with Crippen molar-refractivity contribution in [2.75, 3.05) is 46.2 Å². The summed E-state index contributed by atoms with van der Waals surface area (Å²) in [6.45, 7) is 6.55. The Hall–Kier alpha value is -1.60. The molecule has 24 heavy (non-hydrogen) atoms. The van der Waals surface area contributed by atoms with Crippen LogP contribution in [0.1, 0.15) is 5.56 Å². The highest BCUT2D eigenvalue weighted by atomic mass is 35.5. The summed E-state index contributed by atoms with van der Waals surface area (Å²) in [7, 11) is 0. The first-order valence-corrected chi connectivity index (χ1v) is 8.57. The summed E-state index contributed by atoms with van der Waals surface area (Å²) in [6.07, 6.45) is 0. The minimum atomic E-state index is 0.259. The number of rotatable bonds is 5. The second-order valence-electron chi connectivity index (χ2n) is 5.97. The van der Waals surface area contributed by atoms with Gasteiger partial charge in [-0.1, -0.05) is 11.6 Å². The van der Waals surface area contributed by atoms with Crippen molar-refractivity contribution in [2.45, 2.75) is 6.54 Å². The zero-order valence-corrected chi connectivity index (χ0v) is 14.1. The number of morpholine rings is 1. The first-order chi connectivity index (χ1) is 11.8. The van der Waals surface area contributed by atoms with Gasteiger partial charge in [-0.3, -0.25) is 4.90 Å². The number of nitrogens with one attached hydrogen (secondary N) is 1. The van der Waals surface area contributed by atoms with Crippen LogP contribution < -0.4 is 14.8 Å². The summed E-state index contributed by atoms with van der Waals surface area (Å²) in [5, 5.41) is 4.98. The Labute approximate surface area is 145 Å². The predicted molar refractivity (Wildman–Crippen MR) is 91.8 cm³/mol. The molecule has 0 radical (unpaired) electrons. The molecule has 4 rings (SSSR count). The van der Waals surface area contributed by atoms with E-state index in [0.29, 0.717) is 11.7 Å². The number of halogens is 1. The summed E-state index contributed by atoms with van der Waals surface area (Å²) < 4.78 is 16.2. The van der Waals surface area contributed by atoms with Gasteiger partial charge in [0, 0.05) is 49.7 Å². The number of nitrogens with zero attached hydrogens (tertiary/aromatic N) is 2.